The second-order valence-corrected chi connectivity index (χ2v) is 7.36. The molecule has 0 radical (unpaired) electrons. The zero-order chi connectivity index (χ0) is 22.4. The van der Waals surface area contributed by atoms with Gasteiger partial charge in [0.2, 0.25) is 0 Å². The van der Waals surface area contributed by atoms with E-state index in [1.807, 2.05) is 94.4 Å². The Bertz CT molecular complexity index is 1120. The number of benzene rings is 2. The van der Waals surface area contributed by atoms with Gasteiger partial charge in [-0.1, -0.05) is 30.3 Å². The summed E-state index contributed by atoms with van der Waals surface area (Å²) in [6, 6.07) is 21.4. The van der Waals surface area contributed by atoms with Gasteiger partial charge in [0, 0.05) is 17.1 Å². The number of aryl methyl sites for hydroxylation is 1. The van der Waals surface area contributed by atoms with Crippen LogP contribution in [-0.2, 0) is 4.79 Å². The number of nitrogens with zero attached hydrogens (tertiary/aromatic N) is 2. The molecule has 158 valence electrons. The summed E-state index contributed by atoms with van der Waals surface area (Å²) in [7, 11) is 0. The third-order valence-corrected chi connectivity index (χ3v) is 5.19. The SMILES string of the molecule is CCOc1ccc(-n2c(C)cc(/C=C(/C#N)C(=O)N[C@@H](C)c3ccccc3)c2C)cc1. The highest BCUT2D eigenvalue weighted by Gasteiger charge is 2.16. The summed E-state index contributed by atoms with van der Waals surface area (Å²) in [5.41, 5.74) is 4.88. The predicted octanol–water partition coefficient (Wildman–Crippen LogP) is 5.28. The molecule has 0 saturated heterocycles. The third kappa shape index (κ3) is 5.04. The first-order valence-corrected chi connectivity index (χ1v) is 10.3. The van der Waals surface area contributed by atoms with E-state index in [4.69, 9.17) is 4.74 Å². The van der Waals surface area contributed by atoms with Gasteiger partial charge in [0.25, 0.3) is 5.91 Å². The van der Waals surface area contributed by atoms with Crippen molar-refractivity contribution in [3.05, 3.63) is 88.8 Å². The zero-order valence-corrected chi connectivity index (χ0v) is 18.3. The molecule has 0 unspecified atom stereocenters. The second-order valence-electron chi connectivity index (χ2n) is 7.36. The molecule has 1 heterocycles. The summed E-state index contributed by atoms with van der Waals surface area (Å²) in [6.07, 6.45) is 1.65. The van der Waals surface area contributed by atoms with Gasteiger partial charge in [0.1, 0.15) is 17.4 Å². The molecule has 0 bridgehead atoms. The molecule has 2 aromatic carbocycles. The number of amides is 1. The lowest BCUT2D eigenvalue weighted by Gasteiger charge is -2.14. The molecule has 5 nitrogen and oxygen atoms in total. The third-order valence-electron chi connectivity index (χ3n) is 5.19. The molecule has 5 heteroatoms. The zero-order valence-electron chi connectivity index (χ0n) is 18.3. The van der Waals surface area contributed by atoms with Gasteiger partial charge in [-0.15, -0.1) is 0 Å². The average molecular weight is 414 g/mol. The monoisotopic (exact) mass is 413 g/mol. The number of rotatable bonds is 7. The van der Waals surface area contributed by atoms with E-state index < -0.39 is 0 Å². The lowest BCUT2D eigenvalue weighted by atomic mass is 10.1. The van der Waals surface area contributed by atoms with Gasteiger partial charge in [-0.2, -0.15) is 5.26 Å². The molecule has 1 N–H and O–H groups in total. The normalized spacial score (nSPS) is 12.2. The summed E-state index contributed by atoms with van der Waals surface area (Å²) < 4.78 is 7.62. The summed E-state index contributed by atoms with van der Waals surface area (Å²) in [5, 5.41) is 12.5. The largest absolute Gasteiger partial charge is 0.494 e. The summed E-state index contributed by atoms with van der Waals surface area (Å²) in [6.45, 7) is 8.47. The average Bonchev–Trinajstić information content (AvgIpc) is 3.06. The lowest BCUT2D eigenvalue weighted by molar-refractivity contribution is -0.117. The predicted molar refractivity (Wildman–Crippen MR) is 123 cm³/mol. The number of hydrogen-bond acceptors (Lipinski definition) is 3. The van der Waals surface area contributed by atoms with Gasteiger partial charge in [-0.25, -0.2) is 0 Å². The number of ether oxygens (including phenoxy) is 1. The van der Waals surface area contributed by atoms with Crippen molar-refractivity contribution in [3.8, 4) is 17.5 Å². The van der Waals surface area contributed by atoms with Crippen LogP contribution in [0.4, 0.5) is 0 Å². The fourth-order valence-electron chi connectivity index (χ4n) is 3.59. The molecule has 0 aliphatic heterocycles. The summed E-state index contributed by atoms with van der Waals surface area (Å²) >= 11 is 0. The molecule has 0 saturated carbocycles. The summed E-state index contributed by atoms with van der Waals surface area (Å²) in [5.74, 6) is 0.439. The van der Waals surface area contributed by atoms with Crippen molar-refractivity contribution in [1.82, 2.24) is 9.88 Å². The number of aromatic nitrogens is 1. The number of carbonyl (C=O) groups excluding carboxylic acids is 1. The van der Waals surface area contributed by atoms with E-state index in [1.165, 1.54) is 0 Å². The Labute approximate surface area is 183 Å². The van der Waals surface area contributed by atoms with Crippen LogP contribution in [0.25, 0.3) is 11.8 Å². The van der Waals surface area contributed by atoms with E-state index >= 15 is 0 Å². The number of hydrogen-bond donors (Lipinski definition) is 1. The first kappa shape index (κ1) is 21.9. The number of nitriles is 1. The molecule has 1 aromatic heterocycles. The van der Waals surface area contributed by atoms with Crippen molar-refractivity contribution in [2.45, 2.75) is 33.7 Å². The van der Waals surface area contributed by atoms with Crippen LogP contribution in [0.1, 0.15) is 42.4 Å². The minimum atomic E-state index is -0.385. The molecule has 1 atom stereocenters. The molecule has 3 aromatic rings. The Hall–Kier alpha value is -3.78. The molecule has 31 heavy (non-hydrogen) atoms. The Kier molecular flexibility index (Phi) is 6.94. The van der Waals surface area contributed by atoms with E-state index in [0.717, 1.165) is 34.0 Å². The molecule has 3 rings (SSSR count). The van der Waals surface area contributed by atoms with Crippen LogP contribution >= 0.6 is 0 Å². The highest BCUT2D eigenvalue weighted by molar-refractivity contribution is 6.02. The molecule has 1 amide bonds. The van der Waals surface area contributed by atoms with E-state index in [2.05, 4.69) is 9.88 Å². The van der Waals surface area contributed by atoms with E-state index in [1.54, 1.807) is 6.08 Å². The van der Waals surface area contributed by atoms with Crippen molar-refractivity contribution in [2.24, 2.45) is 0 Å². The van der Waals surface area contributed by atoms with Crippen molar-refractivity contribution in [1.29, 1.82) is 5.26 Å². The van der Waals surface area contributed by atoms with E-state index in [-0.39, 0.29) is 17.5 Å². The van der Waals surface area contributed by atoms with Gasteiger partial charge in [-0.3, -0.25) is 4.79 Å². The fourth-order valence-corrected chi connectivity index (χ4v) is 3.59. The van der Waals surface area contributed by atoms with Crippen LogP contribution in [0.2, 0.25) is 0 Å². The van der Waals surface area contributed by atoms with Gasteiger partial charge < -0.3 is 14.6 Å². The topological polar surface area (TPSA) is 67.0 Å². The quantitative estimate of drug-likeness (QED) is 0.423. The van der Waals surface area contributed by atoms with Gasteiger partial charge >= 0.3 is 0 Å². The molecule has 0 aliphatic carbocycles. The first-order chi connectivity index (χ1) is 14.9. The summed E-state index contributed by atoms with van der Waals surface area (Å²) in [4.78, 5) is 12.7. The highest BCUT2D eigenvalue weighted by atomic mass is 16.5. The molecule has 0 fully saturated rings. The van der Waals surface area contributed by atoms with Gasteiger partial charge in [-0.05, 0) is 75.2 Å². The van der Waals surface area contributed by atoms with Crippen LogP contribution in [-0.4, -0.2) is 17.1 Å². The molecule has 0 spiro atoms. The Morgan fingerprint density at radius 2 is 1.84 bits per heavy atom. The maximum absolute atomic E-state index is 12.7. The molecule has 0 aliphatic rings. The number of nitrogens with one attached hydrogen (secondary N) is 1. The number of carbonyl (C=O) groups is 1. The Morgan fingerprint density at radius 1 is 1.16 bits per heavy atom. The second kappa shape index (κ2) is 9.82. The van der Waals surface area contributed by atoms with Gasteiger partial charge in [0.15, 0.2) is 0 Å². The highest BCUT2D eigenvalue weighted by Crippen LogP contribution is 2.24. The van der Waals surface area contributed by atoms with Crippen LogP contribution in [0.15, 0.2) is 66.2 Å². The lowest BCUT2D eigenvalue weighted by Crippen LogP contribution is -2.27. The Morgan fingerprint density at radius 3 is 2.45 bits per heavy atom. The molecular formula is C26H27N3O2. The van der Waals surface area contributed by atoms with Crippen LogP contribution < -0.4 is 10.1 Å². The maximum Gasteiger partial charge on any atom is 0.262 e. The van der Waals surface area contributed by atoms with Crippen molar-refractivity contribution < 1.29 is 9.53 Å². The van der Waals surface area contributed by atoms with Crippen molar-refractivity contribution >= 4 is 12.0 Å². The van der Waals surface area contributed by atoms with Crippen LogP contribution in [0.3, 0.4) is 0 Å². The standard InChI is InChI=1S/C26H27N3O2/c1-5-31-25-13-11-24(12-14-25)29-18(2)15-22(20(29)4)16-23(17-27)26(30)28-19(3)21-9-7-6-8-10-21/h6-16,19H,5H2,1-4H3,(H,28,30)/b23-16-/t19-/m0/s1. The fraction of sp³-hybridized carbons (Fsp3) is 0.231. The van der Waals surface area contributed by atoms with Crippen LogP contribution in [0, 0.1) is 25.2 Å². The van der Waals surface area contributed by atoms with Gasteiger partial charge in [0.05, 0.1) is 12.6 Å². The van der Waals surface area contributed by atoms with Crippen molar-refractivity contribution in [2.75, 3.05) is 6.61 Å². The molecular weight excluding hydrogens is 386 g/mol. The first-order valence-electron chi connectivity index (χ1n) is 10.3. The van der Waals surface area contributed by atoms with E-state index in [9.17, 15) is 10.1 Å². The Balaban J connectivity index is 1.85. The minimum absolute atomic E-state index is 0.0784. The smallest absolute Gasteiger partial charge is 0.262 e. The van der Waals surface area contributed by atoms with Crippen LogP contribution in [0.5, 0.6) is 5.75 Å². The minimum Gasteiger partial charge on any atom is -0.494 e. The van der Waals surface area contributed by atoms with E-state index in [0.29, 0.717) is 6.61 Å². The van der Waals surface area contributed by atoms with Crippen molar-refractivity contribution in [3.63, 3.8) is 0 Å². The maximum atomic E-state index is 12.7.